The number of anilines is 3. The predicted molar refractivity (Wildman–Crippen MR) is 111 cm³/mol. The lowest BCUT2D eigenvalue weighted by molar-refractivity contribution is 0.126. The van der Waals surface area contributed by atoms with Crippen molar-refractivity contribution in [3.05, 3.63) is 35.8 Å². The van der Waals surface area contributed by atoms with E-state index in [0.29, 0.717) is 42.9 Å². The standard InChI is InChI=1S/C21H23F3N6O2/c22-11-7-15(23)18(16(24)8-11)28-21-27-17-9-25-20(26-12-1-3-14(31)4-2-12)29-19(17)30(21)13-5-6-32-10-13/h7-9,12-14,31H,1-6,10H2,(H,27,28)(H,25,26,29)/i1D,4D2,14D. The Bertz CT molecular complexity index is 1280. The number of imidazole rings is 1. The predicted octanol–water partition coefficient (Wildman–Crippen LogP) is 3.66. The van der Waals surface area contributed by atoms with Crippen LogP contribution in [0.15, 0.2) is 18.3 Å². The highest BCUT2D eigenvalue weighted by Gasteiger charge is 2.27. The van der Waals surface area contributed by atoms with Crippen molar-refractivity contribution in [3.63, 3.8) is 0 Å². The maximum atomic E-state index is 14.3. The smallest absolute Gasteiger partial charge is 0.224 e. The first kappa shape index (κ1) is 16.7. The fourth-order valence-electron chi connectivity index (χ4n) is 3.81. The summed E-state index contributed by atoms with van der Waals surface area (Å²) in [5, 5.41) is 15.6. The molecule has 3 aromatic rings. The number of halogens is 3. The number of rotatable bonds is 5. The van der Waals surface area contributed by atoms with Crippen molar-refractivity contribution in [2.24, 2.45) is 0 Å². The van der Waals surface area contributed by atoms with E-state index in [1.165, 1.54) is 6.20 Å². The molecular formula is C21H23F3N6O2. The molecule has 11 heteroatoms. The van der Waals surface area contributed by atoms with Crippen molar-refractivity contribution in [1.82, 2.24) is 19.5 Å². The van der Waals surface area contributed by atoms with Crippen LogP contribution >= 0.6 is 0 Å². The number of hydrogen-bond donors (Lipinski definition) is 3. The molecular weight excluding hydrogens is 425 g/mol. The molecule has 0 bridgehead atoms. The molecule has 5 rings (SSSR count). The lowest BCUT2D eigenvalue weighted by Crippen LogP contribution is -2.29. The number of hydrogen-bond acceptors (Lipinski definition) is 7. The molecule has 3 N–H and O–H groups in total. The van der Waals surface area contributed by atoms with E-state index in [2.05, 4.69) is 25.6 Å². The van der Waals surface area contributed by atoms with E-state index in [0.717, 1.165) is 0 Å². The highest BCUT2D eigenvalue weighted by atomic mass is 19.1. The molecule has 2 fully saturated rings. The summed E-state index contributed by atoms with van der Waals surface area (Å²) in [6, 6.07) is 0.0422. The summed E-state index contributed by atoms with van der Waals surface area (Å²) in [5.41, 5.74) is 0.00753. The molecule has 1 aliphatic heterocycles. The number of nitrogens with zero attached hydrogens (tertiary/aromatic N) is 4. The van der Waals surface area contributed by atoms with Gasteiger partial charge >= 0.3 is 0 Å². The highest BCUT2D eigenvalue weighted by molar-refractivity contribution is 5.76. The van der Waals surface area contributed by atoms with Crippen LogP contribution in [0.4, 0.5) is 30.8 Å². The summed E-state index contributed by atoms with van der Waals surface area (Å²) in [4.78, 5) is 13.0. The fourth-order valence-corrected chi connectivity index (χ4v) is 3.81. The topological polar surface area (TPSA) is 97.1 Å². The van der Waals surface area contributed by atoms with Gasteiger partial charge in [0, 0.05) is 28.9 Å². The fraction of sp³-hybridized carbons (Fsp3) is 0.476. The van der Waals surface area contributed by atoms with Crippen LogP contribution < -0.4 is 10.6 Å². The zero-order valence-electron chi connectivity index (χ0n) is 20.8. The van der Waals surface area contributed by atoms with Crippen molar-refractivity contribution in [2.75, 3.05) is 23.8 Å². The maximum Gasteiger partial charge on any atom is 0.224 e. The summed E-state index contributed by atoms with van der Waals surface area (Å²) < 4.78 is 81.1. The van der Waals surface area contributed by atoms with E-state index in [4.69, 9.17) is 10.2 Å². The third kappa shape index (κ3) is 4.09. The minimum absolute atomic E-state index is 0.0444. The van der Waals surface area contributed by atoms with E-state index in [1.54, 1.807) is 4.57 Å². The van der Waals surface area contributed by atoms with Crippen molar-refractivity contribution < 1.29 is 28.5 Å². The Hall–Kier alpha value is -2.92. The Morgan fingerprint density at radius 1 is 1.19 bits per heavy atom. The van der Waals surface area contributed by atoms with Gasteiger partial charge in [0.25, 0.3) is 0 Å². The second-order valence-corrected chi connectivity index (χ2v) is 7.61. The molecule has 0 amide bonds. The molecule has 2 aliphatic rings. The minimum atomic E-state index is -2.38. The first-order valence-corrected chi connectivity index (χ1v) is 10.1. The number of aromatic nitrogens is 4. The van der Waals surface area contributed by atoms with Crippen molar-refractivity contribution >= 4 is 28.7 Å². The van der Waals surface area contributed by atoms with Gasteiger partial charge in [0.15, 0.2) is 17.3 Å². The molecule has 32 heavy (non-hydrogen) atoms. The van der Waals surface area contributed by atoms with Crippen LogP contribution in [0.1, 0.15) is 43.6 Å². The van der Waals surface area contributed by atoms with Crippen LogP contribution in [0, 0.1) is 17.5 Å². The van der Waals surface area contributed by atoms with Gasteiger partial charge in [-0.15, -0.1) is 0 Å². The molecule has 3 heterocycles. The van der Waals surface area contributed by atoms with Gasteiger partial charge in [-0.05, 0) is 32.0 Å². The number of nitrogens with one attached hydrogen (secondary N) is 2. The third-order valence-corrected chi connectivity index (χ3v) is 5.38. The van der Waals surface area contributed by atoms with Crippen molar-refractivity contribution in [3.8, 4) is 0 Å². The molecule has 1 saturated heterocycles. The molecule has 8 nitrogen and oxygen atoms in total. The van der Waals surface area contributed by atoms with Gasteiger partial charge in [0.1, 0.15) is 17.0 Å². The molecule has 4 atom stereocenters. The number of aliphatic hydroxyl groups is 1. The largest absolute Gasteiger partial charge is 0.393 e. The molecule has 0 radical (unpaired) electrons. The summed E-state index contributed by atoms with van der Waals surface area (Å²) in [6.45, 7) is 0.744. The van der Waals surface area contributed by atoms with Crippen LogP contribution in [0.2, 0.25) is 0 Å². The molecule has 0 spiro atoms. The van der Waals surface area contributed by atoms with E-state index in [-0.39, 0.29) is 24.4 Å². The van der Waals surface area contributed by atoms with Crippen LogP contribution in [0.3, 0.4) is 0 Å². The lowest BCUT2D eigenvalue weighted by Gasteiger charge is -2.26. The summed E-state index contributed by atoms with van der Waals surface area (Å²) in [6.07, 6.45) is -4.40. The summed E-state index contributed by atoms with van der Waals surface area (Å²) in [5.74, 6) is -3.22. The normalized spacial score (nSPS) is 31.6. The van der Waals surface area contributed by atoms with E-state index >= 15 is 0 Å². The molecule has 4 unspecified atom stereocenters. The Morgan fingerprint density at radius 3 is 2.75 bits per heavy atom. The Kier molecular flexibility index (Phi) is 4.45. The zero-order valence-corrected chi connectivity index (χ0v) is 16.8. The van der Waals surface area contributed by atoms with Gasteiger partial charge in [-0.3, -0.25) is 4.57 Å². The number of fused-ring (bicyclic) bond motifs is 1. The van der Waals surface area contributed by atoms with Gasteiger partial charge in [0.05, 0.1) is 26.3 Å². The van der Waals surface area contributed by atoms with Gasteiger partial charge < -0.3 is 20.5 Å². The molecule has 1 aromatic carbocycles. The SMILES string of the molecule is [2H]C1CC([2H])(O)C([2H])([2H])CC1Nc1ncc2nc(Nc3c(F)cc(F)cc3F)n(C3CCOC3)c2n1. The van der Waals surface area contributed by atoms with Crippen LogP contribution in [0.5, 0.6) is 0 Å². The summed E-state index contributed by atoms with van der Waals surface area (Å²) in [7, 11) is 0. The summed E-state index contributed by atoms with van der Waals surface area (Å²) >= 11 is 0. The maximum absolute atomic E-state index is 14.3. The second kappa shape index (κ2) is 8.55. The van der Waals surface area contributed by atoms with Crippen molar-refractivity contribution in [1.29, 1.82) is 0 Å². The zero-order chi connectivity index (χ0) is 25.8. The van der Waals surface area contributed by atoms with Crippen LogP contribution in [-0.4, -0.2) is 50.0 Å². The molecule has 2 aromatic heterocycles. The van der Waals surface area contributed by atoms with Crippen LogP contribution in [0.25, 0.3) is 11.2 Å². The average Bonchev–Trinajstić information content (AvgIpc) is 3.41. The quantitative estimate of drug-likeness (QED) is 0.544. The van der Waals surface area contributed by atoms with Gasteiger partial charge in [-0.1, -0.05) is 0 Å². The average molecular weight is 452 g/mol. The molecule has 170 valence electrons. The van der Waals surface area contributed by atoms with Gasteiger partial charge in [0.2, 0.25) is 11.9 Å². The third-order valence-electron chi connectivity index (χ3n) is 5.38. The number of ether oxygens (including phenoxy) is 1. The van der Waals surface area contributed by atoms with Gasteiger partial charge in [-0.2, -0.15) is 4.98 Å². The monoisotopic (exact) mass is 452 g/mol. The number of benzene rings is 1. The molecule has 1 aliphatic carbocycles. The van der Waals surface area contributed by atoms with E-state index in [9.17, 15) is 18.3 Å². The minimum Gasteiger partial charge on any atom is -0.393 e. The first-order valence-electron chi connectivity index (χ1n) is 12.2. The van der Waals surface area contributed by atoms with Crippen molar-refractivity contribution in [2.45, 2.75) is 50.2 Å². The van der Waals surface area contributed by atoms with Gasteiger partial charge in [-0.25, -0.2) is 23.1 Å². The Labute approximate surface area is 187 Å². The van der Waals surface area contributed by atoms with E-state index in [1.807, 2.05) is 0 Å². The first-order chi connectivity index (χ1) is 16.9. The highest BCUT2D eigenvalue weighted by Crippen LogP contribution is 2.32. The Balaban J connectivity index is 1.50. The lowest BCUT2D eigenvalue weighted by atomic mass is 9.93. The van der Waals surface area contributed by atoms with Crippen LogP contribution in [-0.2, 0) is 4.74 Å². The molecule has 1 saturated carbocycles. The van der Waals surface area contributed by atoms with E-state index < -0.39 is 54.5 Å². The Morgan fingerprint density at radius 2 is 2.00 bits per heavy atom. The second-order valence-electron chi connectivity index (χ2n) is 7.61.